The average Bonchev–Trinajstić information content (AvgIpc) is 2.58. The summed E-state index contributed by atoms with van der Waals surface area (Å²) in [6.45, 7) is 8.48. The van der Waals surface area contributed by atoms with Crippen molar-refractivity contribution < 1.29 is 4.74 Å². The molecule has 0 aliphatic carbocycles. The van der Waals surface area contributed by atoms with Gasteiger partial charge in [-0.2, -0.15) is 0 Å². The zero-order valence-electron chi connectivity index (χ0n) is 15.2. The van der Waals surface area contributed by atoms with E-state index < -0.39 is 0 Å². The Morgan fingerprint density at radius 1 is 1.29 bits per heavy atom. The van der Waals surface area contributed by atoms with Crippen LogP contribution >= 0.6 is 0 Å². The highest BCUT2D eigenvalue weighted by Gasteiger charge is 2.18. The molecule has 0 unspecified atom stereocenters. The molecule has 0 saturated carbocycles. The summed E-state index contributed by atoms with van der Waals surface area (Å²) >= 11 is 0. The summed E-state index contributed by atoms with van der Waals surface area (Å²) in [6, 6.07) is 7.61. The van der Waals surface area contributed by atoms with Crippen molar-refractivity contribution in [2.75, 3.05) is 20.3 Å². The number of nitrogens with zero attached hydrogens (tertiary/aromatic N) is 2. The SMILES string of the molecule is CC[C@H](NCCC(C)C)c1nc2ccccc2c(=O)n1CCOC. The summed E-state index contributed by atoms with van der Waals surface area (Å²) < 4.78 is 6.95. The van der Waals surface area contributed by atoms with Crippen molar-refractivity contribution in [3.8, 4) is 0 Å². The Hall–Kier alpha value is -1.72. The van der Waals surface area contributed by atoms with Crippen molar-refractivity contribution in [3.63, 3.8) is 0 Å². The Kier molecular flexibility index (Phi) is 6.94. The number of rotatable bonds is 9. The van der Waals surface area contributed by atoms with E-state index in [1.54, 1.807) is 11.7 Å². The Morgan fingerprint density at radius 3 is 2.71 bits per heavy atom. The normalized spacial score (nSPS) is 12.9. The summed E-state index contributed by atoms with van der Waals surface area (Å²) in [5, 5.41) is 4.22. The fourth-order valence-corrected chi connectivity index (χ4v) is 2.81. The molecule has 2 aromatic rings. The van der Waals surface area contributed by atoms with Crippen LogP contribution in [0.3, 0.4) is 0 Å². The van der Waals surface area contributed by atoms with Crippen LogP contribution in [0.5, 0.6) is 0 Å². The standard InChI is InChI=1S/C19H29N3O2/c1-5-16(20-11-10-14(2)3)18-21-17-9-7-6-8-15(17)19(23)22(18)12-13-24-4/h6-9,14,16,20H,5,10-13H2,1-4H3/t16-/m0/s1. The highest BCUT2D eigenvalue weighted by atomic mass is 16.5. The molecular weight excluding hydrogens is 302 g/mol. The molecule has 0 spiro atoms. The van der Waals surface area contributed by atoms with E-state index in [1.165, 1.54) is 0 Å². The number of methoxy groups -OCH3 is 1. The Bertz CT molecular complexity index is 709. The molecule has 0 fully saturated rings. The molecule has 132 valence electrons. The molecule has 1 N–H and O–H groups in total. The maximum atomic E-state index is 12.9. The maximum absolute atomic E-state index is 12.9. The Labute approximate surface area is 144 Å². The molecule has 5 nitrogen and oxygen atoms in total. The van der Waals surface area contributed by atoms with Crippen LogP contribution in [0.4, 0.5) is 0 Å². The highest BCUT2D eigenvalue weighted by molar-refractivity contribution is 5.77. The van der Waals surface area contributed by atoms with Crippen LogP contribution in [0.25, 0.3) is 10.9 Å². The third-order valence-corrected chi connectivity index (χ3v) is 4.24. The molecule has 1 aromatic carbocycles. The lowest BCUT2D eigenvalue weighted by atomic mass is 10.1. The van der Waals surface area contributed by atoms with Gasteiger partial charge in [-0.1, -0.05) is 32.9 Å². The number of aromatic nitrogens is 2. The van der Waals surface area contributed by atoms with Gasteiger partial charge in [0.25, 0.3) is 5.56 Å². The van der Waals surface area contributed by atoms with Gasteiger partial charge in [0, 0.05) is 7.11 Å². The fourth-order valence-electron chi connectivity index (χ4n) is 2.81. The topological polar surface area (TPSA) is 56.2 Å². The van der Waals surface area contributed by atoms with E-state index in [0.29, 0.717) is 24.5 Å². The first-order valence-corrected chi connectivity index (χ1v) is 8.80. The Balaban J connectivity index is 2.42. The van der Waals surface area contributed by atoms with Crippen molar-refractivity contribution in [1.29, 1.82) is 0 Å². The minimum Gasteiger partial charge on any atom is -0.383 e. The van der Waals surface area contributed by atoms with Crippen molar-refractivity contribution >= 4 is 10.9 Å². The molecule has 1 aromatic heterocycles. The quantitative estimate of drug-likeness (QED) is 0.767. The smallest absolute Gasteiger partial charge is 0.261 e. The third-order valence-electron chi connectivity index (χ3n) is 4.24. The van der Waals surface area contributed by atoms with Gasteiger partial charge in [0.1, 0.15) is 5.82 Å². The van der Waals surface area contributed by atoms with E-state index in [4.69, 9.17) is 9.72 Å². The number of fused-ring (bicyclic) bond motifs is 1. The molecule has 0 radical (unpaired) electrons. The van der Waals surface area contributed by atoms with Crippen molar-refractivity contribution in [2.45, 2.75) is 46.2 Å². The Morgan fingerprint density at radius 2 is 2.04 bits per heavy atom. The highest BCUT2D eigenvalue weighted by Crippen LogP contribution is 2.17. The van der Waals surface area contributed by atoms with E-state index in [2.05, 4.69) is 26.1 Å². The predicted molar refractivity (Wildman–Crippen MR) is 98.4 cm³/mol. The fraction of sp³-hybridized carbons (Fsp3) is 0.579. The van der Waals surface area contributed by atoms with Crippen LogP contribution in [0.1, 0.15) is 45.5 Å². The monoisotopic (exact) mass is 331 g/mol. The van der Waals surface area contributed by atoms with Gasteiger partial charge in [-0.25, -0.2) is 4.98 Å². The zero-order chi connectivity index (χ0) is 17.5. The van der Waals surface area contributed by atoms with Gasteiger partial charge >= 0.3 is 0 Å². The average molecular weight is 331 g/mol. The molecule has 0 aliphatic rings. The number of hydrogen-bond acceptors (Lipinski definition) is 4. The lowest BCUT2D eigenvalue weighted by molar-refractivity contribution is 0.184. The minimum absolute atomic E-state index is 0.0109. The third kappa shape index (κ3) is 4.42. The molecule has 0 saturated heterocycles. The molecule has 0 bridgehead atoms. The van der Waals surface area contributed by atoms with Gasteiger partial charge < -0.3 is 10.1 Å². The number of benzene rings is 1. The minimum atomic E-state index is 0.0109. The maximum Gasteiger partial charge on any atom is 0.261 e. The number of ether oxygens (including phenoxy) is 1. The second kappa shape index (κ2) is 8.94. The van der Waals surface area contributed by atoms with E-state index in [1.807, 2.05) is 24.3 Å². The summed E-state index contributed by atoms with van der Waals surface area (Å²) in [6.07, 6.45) is 1.99. The first-order chi connectivity index (χ1) is 11.6. The van der Waals surface area contributed by atoms with Crippen LogP contribution < -0.4 is 10.9 Å². The van der Waals surface area contributed by atoms with E-state index in [0.717, 1.165) is 30.7 Å². The molecule has 1 atom stereocenters. The van der Waals surface area contributed by atoms with Crippen LogP contribution in [0.15, 0.2) is 29.1 Å². The van der Waals surface area contributed by atoms with E-state index in [9.17, 15) is 4.79 Å². The lowest BCUT2D eigenvalue weighted by Crippen LogP contribution is -2.33. The van der Waals surface area contributed by atoms with Gasteiger partial charge in [-0.05, 0) is 37.4 Å². The van der Waals surface area contributed by atoms with E-state index in [-0.39, 0.29) is 11.6 Å². The summed E-state index contributed by atoms with van der Waals surface area (Å²) in [7, 11) is 1.65. The summed E-state index contributed by atoms with van der Waals surface area (Å²) in [5.41, 5.74) is 0.770. The first kappa shape index (κ1) is 18.6. The van der Waals surface area contributed by atoms with Gasteiger partial charge in [-0.15, -0.1) is 0 Å². The second-order valence-electron chi connectivity index (χ2n) is 6.53. The van der Waals surface area contributed by atoms with Crippen LogP contribution in [0, 0.1) is 5.92 Å². The molecular formula is C19H29N3O2. The van der Waals surface area contributed by atoms with Crippen LogP contribution in [-0.2, 0) is 11.3 Å². The van der Waals surface area contributed by atoms with Gasteiger partial charge in [-0.3, -0.25) is 9.36 Å². The molecule has 0 aliphatic heterocycles. The predicted octanol–water partition coefficient (Wildman–Crippen LogP) is 3.13. The van der Waals surface area contributed by atoms with Gasteiger partial charge in [0.2, 0.25) is 0 Å². The van der Waals surface area contributed by atoms with E-state index >= 15 is 0 Å². The second-order valence-corrected chi connectivity index (χ2v) is 6.53. The molecule has 0 amide bonds. The molecule has 24 heavy (non-hydrogen) atoms. The van der Waals surface area contributed by atoms with Gasteiger partial charge in [0.05, 0.1) is 30.1 Å². The largest absolute Gasteiger partial charge is 0.383 e. The number of para-hydroxylation sites is 1. The van der Waals surface area contributed by atoms with Gasteiger partial charge in [0.15, 0.2) is 0 Å². The molecule has 1 heterocycles. The van der Waals surface area contributed by atoms with Crippen molar-refractivity contribution in [2.24, 2.45) is 5.92 Å². The number of hydrogen-bond donors (Lipinski definition) is 1. The van der Waals surface area contributed by atoms with Crippen LogP contribution in [-0.4, -0.2) is 29.8 Å². The summed E-state index contributed by atoms with van der Waals surface area (Å²) in [4.78, 5) is 17.7. The van der Waals surface area contributed by atoms with Crippen molar-refractivity contribution in [1.82, 2.24) is 14.9 Å². The number of nitrogens with one attached hydrogen (secondary N) is 1. The summed E-state index contributed by atoms with van der Waals surface area (Å²) in [5.74, 6) is 1.46. The van der Waals surface area contributed by atoms with Crippen molar-refractivity contribution in [3.05, 3.63) is 40.4 Å². The zero-order valence-corrected chi connectivity index (χ0v) is 15.2. The molecule has 2 rings (SSSR count). The lowest BCUT2D eigenvalue weighted by Gasteiger charge is -2.22. The van der Waals surface area contributed by atoms with Crippen LogP contribution in [0.2, 0.25) is 0 Å². The molecule has 5 heteroatoms. The first-order valence-electron chi connectivity index (χ1n) is 8.80.